The van der Waals surface area contributed by atoms with E-state index in [4.69, 9.17) is 9.73 Å². The van der Waals surface area contributed by atoms with Crippen molar-refractivity contribution >= 4 is 5.96 Å². The van der Waals surface area contributed by atoms with Crippen LogP contribution >= 0.6 is 0 Å². The summed E-state index contributed by atoms with van der Waals surface area (Å²) in [7, 11) is 4.11. The first-order valence-corrected chi connectivity index (χ1v) is 9.53. The van der Waals surface area contributed by atoms with Gasteiger partial charge in [-0.3, -0.25) is 0 Å². The lowest BCUT2D eigenvalue weighted by molar-refractivity contribution is 0.0625. The highest BCUT2D eigenvalue weighted by molar-refractivity contribution is 5.79. The van der Waals surface area contributed by atoms with Crippen molar-refractivity contribution in [2.75, 3.05) is 33.4 Å². The number of ether oxygens (including phenoxy) is 1. The van der Waals surface area contributed by atoms with Gasteiger partial charge in [0.2, 0.25) is 0 Å². The Hall–Kier alpha value is -1.63. The Labute approximate surface area is 151 Å². The molecule has 0 bridgehead atoms. The Morgan fingerprint density at radius 1 is 1.36 bits per heavy atom. The smallest absolute Gasteiger partial charge is 0.194 e. The van der Waals surface area contributed by atoms with Crippen molar-refractivity contribution in [1.29, 1.82) is 0 Å². The molecule has 1 aliphatic heterocycles. The van der Waals surface area contributed by atoms with Crippen LogP contribution in [0.3, 0.4) is 0 Å². The lowest BCUT2D eigenvalue weighted by Crippen LogP contribution is -2.40. The molecule has 0 spiro atoms. The molecule has 0 aromatic carbocycles. The van der Waals surface area contributed by atoms with E-state index in [2.05, 4.69) is 34.4 Å². The minimum absolute atomic E-state index is 0.549. The number of nitrogens with zero attached hydrogens (tertiary/aromatic N) is 5. The van der Waals surface area contributed by atoms with E-state index in [1.54, 1.807) is 0 Å². The van der Waals surface area contributed by atoms with E-state index in [-0.39, 0.29) is 0 Å². The lowest BCUT2D eigenvalue weighted by Gasteiger charge is -2.27. The Morgan fingerprint density at radius 3 is 2.76 bits per heavy atom. The highest BCUT2D eigenvalue weighted by Crippen LogP contribution is 2.18. The zero-order chi connectivity index (χ0) is 18.1. The number of unbranched alkanes of at least 4 members (excludes halogenated alkanes) is 1. The fourth-order valence-corrected chi connectivity index (χ4v) is 2.94. The van der Waals surface area contributed by atoms with Crippen LogP contribution in [0.25, 0.3) is 0 Å². The monoisotopic (exact) mass is 350 g/mol. The number of hydrogen-bond acceptors (Lipinski definition) is 4. The molecule has 1 saturated heterocycles. The minimum Gasteiger partial charge on any atom is -0.381 e. The van der Waals surface area contributed by atoms with Crippen molar-refractivity contribution in [1.82, 2.24) is 25.0 Å². The molecule has 2 heterocycles. The summed E-state index contributed by atoms with van der Waals surface area (Å²) in [4.78, 5) is 7.03. The molecule has 142 valence electrons. The summed E-state index contributed by atoms with van der Waals surface area (Å²) in [6.45, 7) is 8.50. The Kier molecular flexibility index (Phi) is 8.18. The van der Waals surface area contributed by atoms with Gasteiger partial charge in [-0.15, -0.1) is 10.2 Å². The van der Waals surface area contributed by atoms with Crippen molar-refractivity contribution < 1.29 is 4.74 Å². The molecule has 0 amide bonds. The zero-order valence-corrected chi connectivity index (χ0v) is 16.3. The number of hydrogen-bond donors (Lipinski definition) is 1. The summed E-state index contributed by atoms with van der Waals surface area (Å²) in [6.07, 6.45) is 5.88. The maximum atomic E-state index is 5.46. The standard InChI is InChI=1S/C18H34N6O/c1-5-6-10-19-18(20-14-17-22-21-15(2)24(17)4)23(3)11-7-16-8-12-25-13-9-16/h16H,5-14H2,1-4H3,(H,19,20). The van der Waals surface area contributed by atoms with Gasteiger partial charge in [0.25, 0.3) is 0 Å². The van der Waals surface area contributed by atoms with Crippen LogP contribution in [-0.2, 0) is 18.3 Å². The second-order valence-electron chi connectivity index (χ2n) is 6.91. The third-order valence-electron chi connectivity index (χ3n) is 4.94. The van der Waals surface area contributed by atoms with E-state index in [1.807, 2.05) is 18.5 Å². The Bertz CT molecular complexity index is 536. The van der Waals surface area contributed by atoms with Crippen molar-refractivity contribution in [3.63, 3.8) is 0 Å². The molecule has 1 N–H and O–H groups in total. The van der Waals surface area contributed by atoms with E-state index in [9.17, 15) is 0 Å². The van der Waals surface area contributed by atoms with Gasteiger partial charge >= 0.3 is 0 Å². The topological polar surface area (TPSA) is 67.6 Å². The SMILES string of the molecule is CCCCNC(=NCc1nnc(C)n1C)N(C)CCC1CCOCC1. The largest absolute Gasteiger partial charge is 0.381 e. The van der Waals surface area contributed by atoms with Gasteiger partial charge in [-0.2, -0.15) is 0 Å². The number of guanidine groups is 1. The molecule has 1 aromatic heterocycles. The average molecular weight is 351 g/mol. The molecule has 1 fully saturated rings. The van der Waals surface area contributed by atoms with Crippen molar-refractivity contribution in [2.24, 2.45) is 18.0 Å². The number of nitrogens with one attached hydrogen (secondary N) is 1. The number of aryl methyl sites for hydroxylation is 1. The first-order chi connectivity index (χ1) is 12.1. The van der Waals surface area contributed by atoms with Crippen LogP contribution in [0.15, 0.2) is 4.99 Å². The number of aliphatic imine (C=N–C) groups is 1. The molecular formula is C18H34N6O. The first-order valence-electron chi connectivity index (χ1n) is 9.53. The first kappa shape index (κ1) is 19.7. The Morgan fingerprint density at radius 2 is 2.12 bits per heavy atom. The normalized spacial score (nSPS) is 16.2. The molecule has 25 heavy (non-hydrogen) atoms. The highest BCUT2D eigenvalue weighted by atomic mass is 16.5. The molecule has 1 aromatic rings. The van der Waals surface area contributed by atoms with Crippen LogP contribution < -0.4 is 5.32 Å². The van der Waals surface area contributed by atoms with Crippen LogP contribution in [0.2, 0.25) is 0 Å². The van der Waals surface area contributed by atoms with Crippen LogP contribution in [0.4, 0.5) is 0 Å². The number of aromatic nitrogens is 3. The van der Waals surface area contributed by atoms with E-state index in [0.717, 1.165) is 56.3 Å². The fourth-order valence-electron chi connectivity index (χ4n) is 2.94. The molecule has 0 saturated carbocycles. The summed E-state index contributed by atoms with van der Waals surface area (Å²) < 4.78 is 7.45. The molecule has 7 nitrogen and oxygen atoms in total. The van der Waals surface area contributed by atoms with Gasteiger partial charge in [-0.25, -0.2) is 4.99 Å². The molecule has 2 rings (SSSR count). The molecule has 0 radical (unpaired) electrons. The van der Waals surface area contributed by atoms with Gasteiger partial charge in [0.05, 0.1) is 0 Å². The summed E-state index contributed by atoms with van der Waals surface area (Å²) >= 11 is 0. The van der Waals surface area contributed by atoms with Crippen molar-refractivity contribution in [3.8, 4) is 0 Å². The molecule has 0 unspecified atom stereocenters. The van der Waals surface area contributed by atoms with Crippen LogP contribution in [0.1, 0.15) is 50.7 Å². The van der Waals surface area contributed by atoms with Crippen LogP contribution in [0, 0.1) is 12.8 Å². The van der Waals surface area contributed by atoms with Gasteiger partial charge in [0.15, 0.2) is 11.8 Å². The van der Waals surface area contributed by atoms with E-state index >= 15 is 0 Å². The maximum Gasteiger partial charge on any atom is 0.194 e. The van der Waals surface area contributed by atoms with Gasteiger partial charge in [0, 0.05) is 40.4 Å². The van der Waals surface area contributed by atoms with Crippen molar-refractivity contribution in [2.45, 2.75) is 52.5 Å². The van der Waals surface area contributed by atoms with Crippen LogP contribution in [-0.4, -0.2) is 59.0 Å². The fraction of sp³-hybridized carbons (Fsp3) is 0.833. The maximum absolute atomic E-state index is 5.46. The third kappa shape index (κ3) is 6.30. The molecule has 0 aliphatic carbocycles. The van der Waals surface area contributed by atoms with Crippen molar-refractivity contribution in [3.05, 3.63) is 11.6 Å². The third-order valence-corrected chi connectivity index (χ3v) is 4.94. The highest BCUT2D eigenvalue weighted by Gasteiger charge is 2.15. The van der Waals surface area contributed by atoms with Gasteiger partial charge in [0.1, 0.15) is 12.4 Å². The molecule has 0 atom stereocenters. The summed E-state index contributed by atoms with van der Waals surface area (Å²) in [5, 5.41) is 11.8. The number of rotatable bonds is 8. The Balaban J connectivity index is 1.92. The van der Waals surface area contributed by atoms with E-state index in [0.29, 0.717) is 6.54 Å². The summed E-state index contributed by atoms with van der Waals surface area (Å²) in [5.41, 5.74) is 0. The van der Waals surface area contributed by atoms with Gasteiger partial charge < -0.3 is 19.5 Å². The molecular weight excluding hydrogens is 316 g/mol. The summed E-state index contributed by atoms with van der Waals surface area (Å²) in [6, 6.07) is 0. The van der Waals surface area contributed by atoms with Crippen LogP contribution in [0.5, 0.6) is 0 Å². The molecule has 7 heteroatoms. The van der Waals surface area contributed by atoms with E-state index in [1.165, 1.54) is 25.7 Å². The second kappa shape index (κ2) is 10.4. The molecule has 1 aliphatic rings. The average Bonchev–Trinajstić information content (AvgIpc) is 2.95. The second-order valence-corrected chi connectivity index (χ2v) is 6.91. The quantitative estimate of drug-likeness (QED) is 0.442. The predicted octanol–water partition coefficient (Wildman–Crippen LogP) is 2.12. The predicted molar refractivity (Wildman–Crippen MR) is 101 cm³/mol. The van der Waals surface area contributed by atoms with Gasteiger partial charge in [-0.1, -0.05) is 13.3 Å². The lowest BCUT2D eigenvalue weighted by atomic mass is 9.96. The minimum atomic E-state index is 0.549. The zero-order valence-electron chi connectivity index (χ0n) is 16.3. The summed E-state index contributed by atoms with van der Waals surface area (Å²) in [5.74, 6) is 3.54. The van der Waals surface area contributed by atoms with Gasteiger partial charge in [-0.05, 0) is 38.5 Å². The van der Waals surface area contributed by atoms with E-state index < -0.39 is 0 Å².